The Labute approximate surface area is 199 Å². The van der Waals surface area contributed by atoms with E-state index in [1.54, 1.807) is 0 Å². The maximum atomic E-state index is 13.1. The molecule has 0 bridgehead atoms. The van der Waals surface area contributed by atoms with Gasteiger partial charge in [0, 0.05) is 30.7 Å². The van der Waals surface area contributed by atoms with Crippen molar-refractivity contribution in [3.63, 3.8) is 0 Å². The van der Waals surface area contributed by atoms with E-state index in [1.165, 1.54) is 30.4 Å². The quantitative estimate of drug-likeness (QED) is 0.467. The number of carbonyl (C=O) groups is 1. The summed E-state index contributed by atoms with van der Waals surface area (Å²) in [5, 5.41) is 19.6. The summed E-state index contributed by atoms with van der Waals surface area (Å²) < 4.78 is 2.37. The molecule has 5 nitrogen and oxygen atoms in total. The number of hydrogen-bond acceptors (Lipinski definition) is 4. The van der Waals surface area contributed by atoms with E-state index in [0.717, 1.165) is 41.9 Å². The highest BCUT2D eigenvalue weighted by atomic mass is 16.3. The minimum absolute atomic E-state index is 0.0864. The number of rotatable bonds is 11. The fourth-order valence-corrected chi connectivity index (χ4v) is 5.68. The lowest BCUT2D eigenvalue weighted by Gasteiger charge is -2.36. The summed E-state index contributed by atoms with van der Waals surface area (Å²) in [6.07, 6.45) is 6.94. The van der Waals surface area contributed by atoms with Crippen LogP contribution in [0.2, 0.25) is 0 Å². The summed E-state index contributed by atoms with van der Waals surface area (Å²) in [5.41, 5.74) is 3.48. The predicted molar refractivity (Wildman–Crippen MR) is 131 cm³/mol. The topological polar surface area (TPSA) is 68.0 Å². The first kappa shape index (κ1) is 24.1. The van der Waals surface area contributed by atoms with Crippen molar-refractivity contribution < 1.29 is 9.90 Å². The number of aliphatic hydroxyl groups is 1. The average Bonchev–Trinajstić information content (AvgIpc) is 3.44. The van der Waals surface area contributed by atoms with E-state index in [0.29, 0.717) is 31.2 Å². The number of benzene rings is 1. The van der Waals surface area contributed by atoms with Gasteiger partial charge in [0.25, 0.3) is 0 Å². The number of carbonyl (C=O) groups excluding carboxylic acids is 1. The summed E-state index contributed by atoms with van der Waals surface area (Å²) in [6.45, 7) is 10.6. The molecular formula is C28H41N3O2. The summed E-state index contributed by atoms with van der Waals surface area (Å²) >= 11 is 0. The minimum atomic E-state index is -0.476. The van der Waals surface area contributed by atoms with Crippen LogP contribution in [0.1, 0.15) is 112 Å². The Morgan fingerprint density at radius 2 is 1.88 bits per heavy atom. The van der Waals surface area contributed by atoms with Gasteiger partial charge in [-0.3, -0.25) is 4.79 Å². The third kappa shape index (κ3) is 5.92. The Morgan fingerprint density at radius 3 is 2.48 bits per heavy atom. The van der Waals surface area contributed by atoms with Gasteiger partial charge < -0.3 is 9.67 Å². The maximum Gasteiger partial charge on any atom is 0.138 e. The lowest BCUT2D eigenvalue weighted by molar-refractivity contribution is -0.119. The molecule has 5 heteroatoms. The van der Waals surface area contributed by atoms with E-state index >= 15 is 0 Å². The summed E-state index contributed by atoms with van der Waals surface area (Å²) in [5.74, 6) is 4.21. The Balaban J connectivity index is 1.51. The summed E-state index contributed by atoms with van der Waals surface area (Å²) in [7, 11) is 0. The maximum absolute atomic E-state index is 13.1. The highest BCUT2D eigenvalue weighted by Gasteiger charge is 2.39. The van der Waals surface area contributed by atoms with Crippen LogP contribution in [0.15, 0.2) is 18.2 Å². The van der Waals surface area contributed by atoms with Gasteiger partial charge in [-0.2, -0.15) is 0 Å². The number of nitrogens with zero attached hydrogens (tertiary/aromatic N) is 3. The first-order chi connectivity index (χ1) is 15.7. The predicted octanol–water partition coefficient (Wildman–Crippen LogP) is 5.83. The van der Waals surface area contributed by atoms with Crippen molar-refractivity contribution in [1.82, 2.24) is 14.8 Å². The number of hydrogen-bond donors (Lipinski definition) is 1. The lowest BCUT2D eigenvalue weighted by Crippen LogP contribution is -2.26. The van der Waals surface area contributed by atoms with Gasteiger partial charge in [-0.1, -0.05) is 37.6 Å². The largest absolute Gasteiger partial charge is 0.393 e. The first-order valence-corrected chi connectivity index (χ1v) is 12.9. The van der Waals surface area contributed by atoms with Crippen LogP contribution in [0, 0.1) is 25.7 Å². The van der Waals surface area contributed by atoms with Gasteiger partial charge in [0.05, 0.1) is 6.10 Å². The number of ketones is 1. The van der Waals surface area contributed by atoms with Crippen LogP contribution in [-0.2, 0) is 11.2 Å². The fraction of sp³-hybridized carbons (Fsp3) is 0.679. The van der Waals surface area contributed by atoms with Gasteiger partial charge >= 0.3 is 0 Å². The van der Waals surface area contributed by atoms with Gasteiger partial charge in [-0.05, 0) is 82.3 Å². The van der Waals surface area contributed by atoms with Crippen molar-refractivity contribution in [2.75, 3.05) is 0 Å². The van der Waals surface area contributed by atoms with Crippen LogP contribution in [0.3, 0.4) is 0 Å². The fourth-order valence-electron chi connectivity index (χ4n) is 5.68. The van der Waals surface area contributed by atoms with Crippen LogP contribution >= 0.6 is 0 Å². The van der Waals surface area contributed by atoms with E-state index in [-0.39, 0.29) is 11.7 Å². The van der Waals surface area contributed by atoms with Crippen molar-refractivity contribution in [1.29, 1.82) is 0 Å². The van der Waals surface area contributed by atoms with Crippen molar-refractivity contribution >= 4 is 5.78 Å². The van der Waals surface area contributed by atoms with E-state index in [1.807, 2.05) is 6.92 Å². The van der Waals surface area contributed by atoms with Crippen LogP contribution < -0.4 is 0 Å². The van der Waals surface area contributed by atoms with E-state index < -0.39 is 6.10 Å². The monoisotopic (exact) mass is 451 g/mol. The van der Waals surface area contributed by atoms with Crippen LogP contribution in [0.5, 0.6) is 0 Å². The molecule has 0 saturated heterocycles. The second kappa shape index (κ2) is 10.1. The van der Waals surface area contributed by atoms with Gasteiger partial charge in [-0.15, -0.1) is 10.2 Å². The Morgan fingerprint density at radius 1 is 1.15 bits per heavy atom. The molecule has 1 N–H and O–H groups in total. The molecule has 2 aliphatic rings. The third-order valence-corrected chi connectivity index (χ3v) is 7.42. The molecule has 2 fully saturated rings. The standard InChI is InChI=1S/C28H41N3O2/c1-17(2)10-21-13-24(14-21)28-30-29-27(31(28)25-8-9-25)23(12-20(5)32)16-26(33)15-22-7-6-18(3)11-19(22)4/h6-7,11,17,20-21,23-25,32H,8-10,12-16H2,1-5H3/t20-,21?,23-,24?/m0/s1. The molecule has 1 aromatic heterocycles. The number of Topliss-reactive ketones (excluding diaryl/α,β-unsaturated/α-hetero) is 1. The molecule has 2 aromatic rings. The molecule has 4 rings (SSSR count). The lowest BCUT2D eigenvalue weighted by atomic mass is 9.71. The van der Waals surface area contributed by atoms with Gasteiger partial charge in [0.2, 0.25) is 0 Å². The van der Waals surface area contributed by atoms with E-state index in [9.17, 15) is 9.90 Å². The molecule has 0 spiro atoms. The SMILES string of the molecule is Cc1ccc(CC(=O)C[C@H](C[C@H](C)O)c2nnc(C3CC(CC(C)C)C3)n2C2CC2)c(C)c1. The van der Waals surface area contributed by atoms with Crippen molar-refractivity contribution in [2.45, 2.75) is 110 Å². The highest BCUT2D eigenvalue weighted by Crippen LogP contribution is 2.48. The molecular weight excluding hydrogens is 410 g/mol. The molecule has 180 valence electrons. The molecule has 33 heavy (non-hydrogen) atoms. The summed E-state index contributed by atoms with van der Waals surface area (Å²) in [4.78, 5) is 13.1. The van der Waals surface area contributed by atoms with E-state index in [4.69, 9.17) is 0 Å². The Kier molecular flexibility index (Phi) is 7.37. The number of aryl methyl sites for hydroxylation is 2. The zero-order chi connectivity index (χ0) is 23.7. The Hall–Kier alpha value is -2.01. The second-order valence-electron chi connectivity index (χ2n) is 11.3. The smallest absolute Gasteiger partial charge is 0.138 e. The summed E-state index contributed by atoms with van der Waals surface area (Å²) in [6, 6.07) is 6.75. The first-order valence-electron chi connectivity index (χ1n) is 12.9. The van der Waals surface area contributed by atoms with Crippen LogP contribution in [-0.4, -0.2) is 31.8 Å². The number of aliphatic hydroxyl groups excluding tert-OH is 1. The Bertz CT molecular complexity index is 968. The number of aromatic nitrogens is 3. The minimum Gasteiger partial charge on any atom is -0.393 e. The molecule has 2 aliphatic carbocycles. The van der Waals surface area contributed by atoms with Gasteiger partial charge in [0.15, 0.2) is 0 Å². The van der Waals surface area contributed by atoms with Gasteiger partial charge in [-0.25, -0.2) is 0 Å². The molecule has 2 saturated carbocycles. The molecule has 1 aromatic carbocycles. The second-order valence-corrected chi connectivity index (χ2v) is 11.3. The van der Waals surface area contributed by atoms with Crippen molar-refractivity contribution in [2.24, 2.45) is 11.8 Å². The van der Waals surface area contributed by atoms with Crippen LogP contribution in [0.4, 0.5) is 0 Å². The van der Waals surface area contributed by atoms with Crippen molar-refractivity contribution in [3.8, 4) is 0 Å². The van der Waals surface area contributed by atoms with E-state index in [2.05, 4.69) is 60.7 Å². The van der Waals surface area contributed by atoms with Crippen LogP contribution in [0.25, 0.3) is 0 Å². The van der Waals surface area contributed by atoms with Crippen molar-refractivity contribution in [3.05, 3.63) is 46.5 Å². The highest BCUT2D eigenvalue weighted by molar-refractivity contribution is 5.82. The zero-order valence-electron chi connectivity index (χ0n) is 21.1. The third-order valence-electron chi connectivity index (χ3n) is 7.42. The molecule has 0 unspecified atom stereocenters. The molecule has 2 atom stereocenters. The molecule has 1 heterocycles. The molecule has 0 radical (unpaired) electrons. The molecule has 0 aliphatic heterocycles. The zero-order valence-corrected chi connectivity index (χ0v) is 21.1. The average molecular weight is 452 g/mol. The van der Waals surface area contributed by atoms with Gasteiger partial charge in [0.1, 0.15) is 17.4 Å². The molecule has 0 amide bonds. The normalized spacial score (nSPS) is 22.3.